The molecule has 0 radical (unpaired) electrons. The maximum atomic E-state index is 13.0. The third kappa shape index (κ3) is 4.32. The maximum Gasteiger partial charge on any atom is 0.416 e. The molecule has 8 heteroatoms. The highest BCUT2D eigenvalue weighted by Crippen LogP contribution is 2.32. The number of H-pyrrole nitrogens is 1. The van der Waals surface area contributed by atoms with Gasteiger partial charge in [0.25, 0.3) is 5.56 Å². The number of piperazine rings is 1. The van der Waals surface area contributed by atoms with Crippen LogP contribution in [0.15, 0.2) is 59.4 Å². The van der Waals surface area contributed by atoms with Crippen LogP contribution in [0.4, 0.5) is 24.8 Å². The van der Waals surface area contributed by atoms with Crippen LogP contribution in [-0.4, -0.2) is 36.1 Å². The number of halogens is 3. The predicted molar refractivity (Wildman–Crippen MR) is 111 cm³/mol. The lowest BCUT2D eigenvalue weighted by Crippen LogP contribution is -2.47. The Labute approximate surface area is 171 Å². The molecule has 2 aromatic carbocycles. The second-order valence-electron chi connectivity index (χ2n) is 7.34. The zero-order valence-corrected chi connectivity index (χ0v) is 16.4. The second kappa shape index (κ2) is 7.85. The summed E-state index contributed by atoms with van der Waals surface area (Å²) in [5.41, 5.74) is 2.22. The minimum atomic E-state index is -4.36. The average Bonchev–Trinajstić information content (AvgIpc) is 2.73. The summed E-state index contributed by atoms with van der Waals surface area (Å²) in [5, 5.41) is 0. The lowest BCUT2D eigenvalue weighted by Gasteiger charge is -2.36. The number of hydrogen-bond acceptors (Lipinski definition) is 4. The fourth-order valence-corrected chi connectivity index (χ4v) is 3.52. The van der Waals surface area contributed by atoms with Crippen molar-refractivity contribution < 1.29 is 13.2 Å². The van der Waals surface area contributed by atoms with Gasteiger partial charge in [-0.2, -0.15) is 13.2 Å². The van der Waals surface area contributed by atoms with Crippen molar-refractivity contribution >= 4 is 11.6 Å². The van der Waals surface area contributed by atoms with Crippen molar-refractivity contribution in [3.8, 4) is 11.3 Å². The van der Waals surface area contributed by atoms with E-state index in [4.69, 9.17) is 0 Å². The molecule has 0 atom stereocenters. The lowest BCUT2D eigenvalue weighted by atomic mass is 10.1. The van der Waals surface area contributed by atoms with Crippen LogP contribution in [0.1, 0.15) is 11.1 Å². The lowest BCUT2D eigenvalue weighted by molar-refractivity contribution is -0.137. The summed E-state index contributed by atoms with van der Waals surface area (Å²) in [6.07, 6.45) is -4.36. The highest BCUT2D eigenvalue weighted by Gasteiger charge is 2.31. The zero-order chi connectivity index (χ0) is 21.3. The Morgan fingerprint density at radius 1 is 0.933 bits per heavy atom. The summed E-state index contributed by atoms with van der Waals surface area (Å²) >= 11 is 0. The van der Waals surface area contributed by atoms with E-state index in [-0.39, 0.29) is 5.56 Å². The second-order valence-corrected chi connectivity index (χ2v) is 7.34. The SMILES string of the molecule is Cc1ccc(-c2cc(=O)[nH]c(N3CCN(c4cccc(C(F)(F)F)c4)CC3)n2)cc1. The zero-order valence-electron chi connectivity index (χ0n) is 16.4. The van der Waals surface area contributed by atoms with Gasteiger partial charge in [-0.25, -0.2) is 4.98 Å². The minimum Gasteiger partial charge on any atom is -0.368 e. The summed E-state index contributed by atoms with van der Waals surface area (Å²) in [6, 6.07) is 14.6. The molecule has 4 rings (SSSR count). The van der Waals surface area contributed by atoms with Gasteiger partial charge in [-0.15, -0.1) is 0 Å². The van der Waals surface area contributed by atoms with Crippen molar-refractivity contribution in [2.45, 2.75) is 13.1 Å². The number of anilines is 2. The number of nitrogens with one attached hydrogen (secondary N) is 1. The van der Waals surface area contributed by atoms with Crippen LogP contribution in [-0.2, 0) is 6.18 Å². The summed E-state index contributed by atoms with van der Waals surface area (Å²) in [7, 11) is 0. The molecule has 0 amide bonds. The first-order valence-corrected chi connectivity index (χ1v) is 9.65. The molecule has 0 spiro atoms. The van der Waals surface area contributed by atoms with E-state index >= 15 is 0 Å². The highest BCUT2D eigenvalue weighted by molar-refractivity contribution is 5.60. The van der Waals surface area contributed by atoms with E-state index in [1.807, 2.05) is 41.0 Å². The van der Waals surface area contributed by atoms with Gasteiger partial charge in [-0.1, -0.05) is 35.9 Å². The van der Waals surface area contributed by atoms with Crippen LogP contribution >= 0.6 is 0 Å². The quantitative estimate of drug-likeness (QED) is 0.702. The molecule has 1 aliphatic heterocycles. The first-order chi connectivity index (χ1) is 14.3. The molecule has 0 unspecified atom stereocenters. The third-order valence-electron chi connectivity index (χ3n) is 5.19. The number of benzene rings is 2. The molecular formula is C22H21F3N4O. The van der Waals surface area contributed by atoms with E-state index in [0.717, 1.165) is 17.2 Å². The number of aryl methyl sites for hydroxylation is 1. The standard InChI is InChI=1S/C22H21F3N4O/c1-15-5-7-16(8-6-15)19-14-20(30)27-21(26-19)29-11-9-28(10-12-29)18-4-2-3-17(13-18)22(23,24)25/h2-8,13-14H,9-12H2,1H3,(H,26,27,30). The average molecular weight is 414 g/mol. The van der Waals surface area contributed by atoms with Crippen LogP contribution in [0, 0.1) is 6.92 Å². The molecule has 5 nitrogen and oxygen atoms in total. The number of nitrogens with zero attached hydrogens (tertiary/aromatic N) is 3. The molecule has 2 heterocycles. The minimum absolute atomic E-state index is 0.240. The molecule has 1 aliphatic rings. The first kappa shape index (κ1) is 20.0. The molecule has 1 N–H and O–H groups in total. The van der Waals surface area contributed by atoms with Crippen LogP contribution in [0.25, 0.3) is 11.3 Å². The van der Waals surface area contributed by atoms with E-state index in [2.05, 4.69) is 9.97 Å². The number of aromatic nitrogens is 2. The Kier molecular flexibility index (Phi) is 5.24. The number of rotatable bonds is 3. The van der Waals surface area contributed by atoms with Gasteiger partial charge >= 0.3 is 6.18 Å². The summed E-state index contributed by atoms with van der Waals surface area (Å²) in [6.45, 7) is 4.12. The fraction of sp³-hybridized carbons (Fsp3) is 0.273. The van der Waals surface area contributed by atoms with Crippen molar-refractivity contribution in [1.29, 1.82) is 0 Å². The van der Waals surface area contributed by atoms with Crippen LogP contribution in [0.5, 0.6) is 0 Å². The number of alkyl halides is 3. The van der Waals surface area contributed by atoms with Gasteiger partial charge in [0.05, 0.1) is 11.3 Å². The molecule has 156 valence electrons. The largest absolute Gasteiger partial charge is 0.416 e. The summed E-state index contributed by atoms with van der Waals surface area (Å²) < 4.78 is 39.0. The molecule has 3 aromatic rings. The van der Waals surface area contributed by atoms with Gasteiger partial charge in [-0.05, 0) is 25.1 Å². The number of hydrogen-bond donors (Lipinski definition) is 1. The summed E-state index contributed by atoms with van der Waals surface area (Å²) in [5.74, 6) is 0.474. The van der Waals surface area contributed by atoms with Gasteiger partial charge in [0.15, 0.2) is 0 Å². The topological polar surface area (TPSA) is 52.2 Å². The first-order valence-electron chi connectivity index (χ1n) is 9.65. The molecule has 0 saturated carbocycles. The van der Waals surface area contributed by atoms with Crippen LogP contribution in [0.3, 0.4) is 0 Å². The van der Waals surface area contributed by atoms with Crippen molar-refractivity contribution in [2.24, 2.45) is 0 Å². The molecule has 0 aliphatic carbocycles. The van der Waals surface area contributed by atoms with Crippen molar-refractivity contribution in [1.82, 2.24) is 9.97 Å². The van der Waals surface area contributed by atoms with Gasteiger partial charge < -0.3 is 9.80 Å². The summed E-state index contributed by atoms with van der Waals surface area (Å²) in [4.78, 5) is 23.4. The smallest absolute Gasteiger partial charge is 0.368 e. The molecular weight excluding hydrogens is 393 g/mol. The van der Waals surface area contributed by atoms with E-state index in [0.29, 0.717) is 43.5 Å². The van der Waals surface area contributed by atoms with Crippen molar-refractivity contribution in [3.63, 3.8) is 0 Å². The molecule has 1 saturated heterocycles. The van der Waals surface area contributed by atoms with Gasteiger partial charge in [0, 0.05) is 43.5 Å². The van der Waals surface area contributed by atoms with Gasteiger partial charge in [0.1, 0.15) is 0 Å². The third-order valence-corrected chi connectivity index (χ3v) is 5.19. The van der Waals surface area contributed by atoms with Crippen LogP contribution < -0.4 is 15.4 Å². The van der Waals surface area contributed by atoms with Gasteiger partial charge in [0.2, 0.25) is 5.95 Å². The Balaban J connectivity index is 1.51. The molecule has 1 fully saturated rings. The molecule has 0 bridgehead atoms. The van der Waals surface area contributed by atoms with Gasteiger partial charge in [-0.3, -0.25) is 9.78 Å². The molecule has 30 heavy (non-hydrogen) atoms. The fourth-order valence-electron chi connectivity index (χ4n) is 3.52. The Morgan fingerprint density at radius 3 is 2.27 bits per heavy atom. The van der Waals surface area contributed by atoms with Crippen LogP contribution in [0.2, 0.25) is 0 Å². The Bertz CT molecular complexity index is 1080. The Hall–Kier alpha value is -3.29. The monoisotopic (exact) mass is 414 g/mol. The Morgan fingerprint density at radius 2 is 1.60 bits per heavy atom. The van der Waals surface area contributed by atoms with Crippen molar-refractivity contribution in [3.05, 3.63) is 76.1 Å². The molecule has 1 aromatic heterocycles. The van der Waals surface area contributed by atoms with E-state index in [1.165, 1.54) is 18.2 Å². The normalized spacial score (nSPS) is 14.8. The predicted octanol–water partition coefficient (Wildman–Crippen LogP) is 4.09. The highest BCUT2D eigenvalue weighted by atomic mass is 19.4. The maximum absolute atomic E-state index is 13.0. The van der Waals surface area contributed by atoms with Crippen molar-refractivity contribution in [2.75, 3.05) is 36.0 Å². The van der Waals surface area contributed by atoms with E-state index in [9.17, 15) is 18.0 Å². The van der Waals surface area contributed by atoms with E-state index in [1.54, 1.807) is 6.07 Å². The van der Waals surface area contributed by atoms with E-state index < -0.39 is 11.7 Å². The number of aromatic amines is 1.